The van der Waals surface area contributed by atoms with Gasteiger partial charge in [-0.05, 0) is 87.8 Å². The van der Waals surface area contributed by atoms with Crippen LogP contribution < -0.4 is 5.32 Å². The van der Waals surface area contributed by atoms with E-state index in [0.29, 0.717) is 33.6 Å². The van der Waals surface area contributed by atoms with Crippen molar-refractivity contribution in [1.29, 1.82) is 0 Å². The van der Waals surface area contributed by atoms with E-state index in [4.69, 9.17) is 27.9 Å². The van der Waals surface area contributed by atoms with Crippen molar-refractivity contribution in [2.75, 3.05) is 11.9 Å². The molecule has 0 unspecified atom stereocenters. The number of carbonyl (C=O) groups excluding carboxylic acids is 4. The number of benzene rings is 2. The van der Waals surface area contributed by atoms with Gasteiger partial charge in [0.25, 0.3) is 17.7 Å². The highest BCUT2D eigenvalue weighted by molar-refractivity contribution is 9.15. The molecule has 1 N–H and O–H groups in total. The molecule has 0 bridgehead atoms. The monoisotopic (exact) mass is 760 g/mol. The molecule has 3 amide bonds. The Hall–Kier alpha value is -0.980. The van der Waals surface area contributed by atoms with Crippen molar-refractivity contribution in [3.63, 3.8) is 0 Å². The molecule has 1 aliphatic rings. The molecule has 180 valence electrons. The summed E-state index contributed by atoms with van der Waals surface area (Å²) in [5, 5.41) is 3.16. The maximum atomic E-state index is 13.2. The minimum Gasteiger partial charge on any atom is -0.454 e. The quantitative estimate of drug-likeness (QED) is 0.151. The molecular formula is C21H14Br4Cl2N2O5. The summed E-state index contributed by atoms with van der Waals surface area (Å²) in [6.45, 7) is 2.69. The molecule has 1 aliphatic heterocycles. The first kappa shape index (κ1) is 27.6. The van der Waals surface area contributed by atoms with Crippen molar-refractivity contribution < 1.29 is 23.9 Å². The first-order chi connectivity index (χ1) is 15.8. The van der Waals surface area contributed by atoms with Crippen LogP contribution in [0, 0.1) is 5.92 Å². The van der Waals surface area contributed by atoms with Gasteiger partial charge in [0.15, 0.2) is 6.61 Å². The topological polar surface area (TPSA) is 92.8 Å². The lowest BCUT2D eigenvalue weighted by atomic mass is 10.0. The summed E-state index contributed by atoms with van der Waals surface area (Å²) < 4.78 is 6.97. The minimum atomic E-state index is -1.25. The second kappa shape index (κ2) is 11.0. The lowest BCUT2D eigenvalue weighted by molar-refractivity contribution is -0.152. The predicted molar refractivity (Wildman–Crippen MR) is 142 cm³/mol. The fraction of sp³-hybridized carbons (Fsp3) is 0.238. The Morgan fingerprint density at radius 3 is 1.82 bits per heavy atom. The normalized spacial score (nSPS) is 13.9. The zero-order chi connectivity index (χ0) is 25.5. The molecule has 2 aromatic rings. The summed E-state index contributed by atoms with van der Waals surface area (Å²) >= 11 is 25.2. The molecule has 0 aromatic heterocycles. The van der Waals surface area contributed by atoms with Crippen molar-refractivity contribution in [1.82, 2.24) is 4.90 Å². The van der Waals surface area contributed by atoms with E-state index < -0.39 is 42.3 Å². The summed E-state index contributed by atoms with van der Waals surface area (Å²) in [7, 11) is 0. The number of hydrogen-bond acceptors (Lipinski definition) is 5. The second-order valence-corrected chi connectivity index (χ2v) is 11.5. The number of hydrogen-bond donors (Lipinski definition) is 1. The Balaban J connectivity index is 1.81. The summed E-state index contributed by atoms with van der Waals surface area (Å²) in [5.74, 6) is -3.35. The standard InChI is InChI=1S/C21H14Br4Cl2N2O5/c1-7(2)18(21(33)34-6-11(30)28-10-4-8(26)3-9(27)5-10)29-19(31)12-13(20(29)32)15(23)17(25)16(24)14(12)22/h3-5,7,18H,6H2,1-2H3,(H,28,30)/t18-/m0/s1. The van der Waals surface area contributed by atoms with Crippen LogP contribution in [-0.2, 0) is 14.3 Å². The molecule has 0 fully saturated rings. The molecule has 7 nitrogen and oxygen atoms in total. The fourth-order valence-electron chi connectivity index (χ4n) is 3.34. The molecule has 13 heteroatoms. The van der Waals surface area contributed by atoms with Crippen molar-refractivity contribution in [2.24, 2.45) is 5.92 Å². The number of amides is 3. The SMILES string of the molecule is CC(C)[C@@H](C(=O)OCC(=O)Nc1cc(Cl)cc(Cl)c1)N1C(=O)c2c(Br)c(Br)c(Br)c(Br)c2C1=O. The number of imide groups is 1. The molecule has 34 heavy (non-hydrogen) atoms. The highest BCUT2D eigenvalue weighted by Gasteiger charge is 2.47. The number of fused-ring (bicyclic) bond motifs is 1. The largest absolute Gasteiger partial charge is 0.454 e. The van der Waals surface area contributed by atoms with Crippen LogP contribution in [0.4, 0.5) is 5.69 Å². The van der Waals surface area contributed by atoms with Gasteiger partial charge in [-0.3, -0.25) is 19.3 Å². The number of nitrogens with one attached hydrogen (secondary N) is 1. The van der Waals surface area contributed by atoms with Crippen LogP contribution in [0.25, 0.3) is 0 Å². The van der Waals surface area contributed by atoms with Gasteiger partial charge in [-0.25, -0.2) is 4.79 Å². The average molecular weight is 765 g/mol. The first-order valence-electron chi connectivity index (χ1n) is 9.51. The van der Waals surface area contributed by atoms with Crippen LogP contribution in [0.15, 0.2) is 36.1 Å². The molecule has 1 heterocycles. The molecule has 2 aromatic carbocycles. The highest BCUT2D eigenvalue weighted by Crippen LogP contribution is 2.46. The molecule has 1 atom stereocenters. The van der Waals surface area contributed by atoms with Gasteiger partial charge in [0.2, 0.25) is 0 Å². The van der Waals surface area contributed by atoms with Gasteiger partial charge in [0.1, 0.15) is 6.04 Å². The summed E-state index contributed by atoms with van der Waals surface area (Å²) in [6, 6.07) is 3.21. The molecular weight excluding hydrogens is 751 g/mol. The Morgan fingerprint density at radius 2 is 1.38 bits per heavy atom. The minimum absolute atomic E-state index is 0.112. The molecule has 0 saturated carbocycles. The number of anilines is 1. The number of rotatable bonds is 6. The predicted octanol–water partition coefficient (Wildman–Crippen LogP) is 6.85. The van der Waals surface area contributed by atoms with Crippen molar-refractivity contribution >= 4 is 116 Å². The third-order valence-electron chi connectivity index (χ3n) is 4.78. The van der Waals surface area contributed by atoms with Gasteiger partial charge >= 0.3 is 5.97 Å². The number of nitrogens with zero attached hydrogens (tertiary/aromatic N) is 1. The van der Waals surface area contributed by atoms with E-state index in [1.165, 1.54) is 18.2 Å². The average Bonchev–Trinajstić information content (AvgIpc) is 2.99. The number of halogens is 6. The van der Waals surface area contributed by atoms with E-state index in [1.807, 2.05) is 0 Å². The third kappa shape index (κ3) is 5.39. The van der Waals surface area contributed by atoms with Gasteiger partial charge in [0, 0.05) is 33.6 Å². The van der Waals surface area contributed by atoms with E-state index in [-0.39, 0.29) is 11.1 Å². The van der Waals surface area contributed by atoms with E-state index in [0.717, 1.165) is 4.90 Å². The van der Waals surface area contributed by atoms with E-state index in [9.17, 15) is 19.2 Å². The van der Waals surface area contributed by atoms with Crippen LogP contribution >= 0.6 is 86.9 Å². The van der Waals surface area contributed by atoms with Crippen LogP contribution in [0.1, 0.15) is 34.6 Å². The lowest BCUT2D eigenvalue weighted by Gasteiger charge is -2.27. The van der Waals surface area contributed by atoms with Gasteiger partial charge < -0.3 is 10.1 Å². The Labute approximate surface area is 238 Å². The van der Waals surface area contributed by atoms with Crippen LogP contribution in [0.2, 0.25) is 10.0 Å². The van der Waals surface area contributed by atoms with Gasteiger partial charge in [0.05, 0.1) is 11.1 Å². The van der Waals surface area contributed by atoms with Crippen LogP contribution in [0.3, 0.4) is 0 Å². The first-order valence-corrected chi connectivity index (χ1v) is 13.4. The van der Waals surface area contributed by atoms with Crippen LogP contribution in [0.5, 0.6) is 0 Å². The zero-order valence-corrected chi connectivity index (χ0v) is 25.2. The summed E-state index contributed by atoms with van der Waals surface area (Å²) in [6.07, 6.45) is 0. The summed E-state index contributed by atoms with van der Waals surface area (Å²) in [5.41, 5.74) is 0.548. The third-order valence-corrected chi connectivity index (χ3v) is 9.98. The van der Waals surface area contributed by atoms with Gasteiger partial charge in [-0.2, -0.15) is 0 Å². The molecule has 0 spiro atoms. The Bertz CT molecular complexity index is 1170. The van der Waals surface area contributed by atoms with Crippen molar-refractivity contribution in [2.45, 2.75) is 19.9 Å². The Morgan fingerprint density at radius 1 is 0.912 bits per heavy atom. The fourth-order valence-corrected chi connectivity index (χ4v) is 6.32. The maximum absolute atomic E-state index is 13.2. The highest BCUT2D eigenvalue weighted by atomic mass is 79.9. The zero-order valence-electron chi connectivity index (χ0n) is 17.4. The van der Waals surface area contributed by atoms with Crippen LogP contribution in [-0.4, -0.2) is 41.2 Å². The maximum Gasteiger partial charge on any atom is 0.330 e. The smallest absolute Gasteiger partial charge is 0.330 e. The van der Waals surface area contributed by atoms with Gasteiger partial charge in [-0.1, -0.05) is 37.0 Å². The Kier molecular flexibility index (Phi) is 8.90. The molecule has 0 saturated heterocycles. The molecule has 0 aliphatic carbocycles. The van der Waals surface area contributed by atoms with E-state index in [2.05, 4.69) is 69.0 Å². The second-order valence-electron chi connectivity index (χ2n) is 7.49. The number of ether oxygens (including phenoxy) is 1. The van der Waals surface area contributed by atoms with E-state index in [1.54, 1.807) is 13.8 Å². The van der Waals surface area contributed by atoms with E-state index >= 15 is 0 Å². The molecule has 3 rings (SSSR count). The van der Waals surface area contributed by atoms with Crippen molar-refractivity contribution in [3.05, 3.63) is 57.3 Å². The van der Waals surface area contributed by atoms with Crippen molar-refractivity contribution in [3.8, 4) is 0 Å². The summed E-state index contributed by atoms with van der Waals surface area (Å²) in [4.78, 5) is 52.6. The lowest BCUT2D eigenvalue weighted by Crippen LogP contribution is -2.49. The number of carbonyl (C=O) groups is 4. The van der Waals surface area contributed by atoms with Gasteiger partial charge in [-0.15, -0.1) is 0 Å². The molecule has 0 radical (unpaired) electrons. The number of esters is 1.